The summed E-state index contributed by atoms with van der Waals surface area (Å²) in [6.45, 7) is 2.04. The van der Waals surface area contributed by atoms with Crippen molar-refractivity contribution in [2.24, 2.45) is 0 Å². The van der Waals surface area contributed by atoms with Gasteiger partial charge in [-0.1, -0.05) is 6.92 Å². The smallest absolute Gasteiger partial charge is 0.248 e. The van der Waals surface area contributed by atoms with Crippen LogP contribution in [0, 0.1) is 0 Å². The van der Waals surface area contributed by atoms with Gasteiger partial charge in [-0.05, 0) is 18.6 Å². The number of H-pyrrole nitrogens is 1. The molecule has 0 bridgehead atoms. The Morgan fingerprint density at radius 2 is 2.25 bits per heavy atom. The van der Waals surface area contributed by atoms with Crippen LogP contribution < -0.4 is 0 Å². The molecule has 0 saturated carbocycles. The fraction of sp³-hybridized carbons (Fsp3) is 0.250. The van der Waals surface area contributed by atoms with Crippen LogP contribution in [0.15, 0.2) is 17.3 Å². The third-order valence-corrected chi connectivity index (χ3v) is 4.23. The maximum absolute atomic E-state index is 11.0. The van der Waals surface area contributed by atoms with Crippen molar-refractivity contribution in [2.45, 2.75) is 18.5 Å². The summed E-state index contributed by atoms with van der Waals surface area (Å²) in [6, 6.07) is 3.82. The third kappa shape index (κ3) is 2.26. The van der Waals surface area contributed by atoms with E-state index < -0.39 is 9.05 Å². The van der Waals surface area contributed by atoms with Gasteiger partial charge in [0.15, 0.2) is 5.82 Å². The minimum Gasteiger partial charge on any atom is -0.248 e. The molecule has 8 heteroatoms. The van der Waals surface area contributed by atoms with Crippen LogP contribution in [0.1, 0.15) is 11.8 Å². The van der Waals surface area contributed by atoms with Crippen LogP contribution in [-0.2, 0) is 15.5 Å². The number of aromatic nitrogens is 3. The van der Waals surface area contributed by atoms with Crippen molar-refractivity contribution in [2.75, 3.05) is 0 Å². The number of nitrogens with one attached hydrogen (secondary N) is 1. The molecule has 0 aromatic carbocycles. The normalized spacial score (nSPS) is 11.9. The van der Waals surface area contributed by atoms with E-state index in [2.05, 4.69) is 15.2 Å². The molecule has 2 aromatic rings. The summed E-state index contributed by atoms with van der Waals surface area (Å²) in [6.07, 6.45) is 0.926. The Kier molecular flexibility index (Phi) is 3.00. The molecule has 2 heterocycles. The number of hydrogen-bond acceptors (Lipinski definition) is 5. The van der Waals surface area contributed by atoms with Crippen LogP contribution in [0.4, 0.5) is 0 Å². The zero-order valence-electron chi connectivity index (χ0n) is 8.27. The minimum atomic E-state index is -3.84. The van der Waals surface area contributed by atoms with Gasteiger partial charge in [-0.2, -0.15) is 10.1 Å². The van der Waals surface area contributed by atoms with E-state index in [1.54, 1.807) is 0 Å². The standard InChI is InChI=1S/C8H8ClN3O2S2/c1-2-5-3-4-6(15-5)7-10-8(12-11-7)16(9,13)14/h3-4H,2H2,1H3,(H,10,11,12). The Hall–Kier alpha value is -0.920. The summed E-state index contributed by atoms with van der Waals surface area (Å²) in [5.41, 5.74) is 0. The molecule has 0 aliphatic rings. The number of thiophene rings is 1. The van der Waals surface area contributed by atoms with E-state index in [0.29, 0.717) is 5.82 Å². The molecule has 0 fully saturated rings. The van der Waals surface area contributed by atoms with Crippen molar-refractivity contribution in [3.05, 3.63) is 17.0 Å². The molecule has 0 aliphatic heterocycles. The zero-order chi connectivity index (χ0) is 11.8. The number of hydrogen-bond donors (Lipinski definition) is 1. The molecular weight excluding hydrogens is 270 g/mol. The Morgan fingerprint density at radius 3 is 2.75 bits per heavy atom. The van der Waals surface area contributed by atoms with Gasteiger partial charge in [-0.15, -0.1) is 11.3 Å². The highest BCUT2D eigenvalue weighted by molar-refractivity contribution is 8.13. The van der Waals surface area contributed by atoms with Gasteiger partial charge in [-0.25, -0.2) is 13.5 Å². The SMILES string of the molecule is CCc1ccc(-c2n[nH]c(S(=O)(=O)Cl)n2)s1. The van der Waals surface area contributed by atoms with E-state index in [9.17, 15) is 8.42 Å². The van der Waals surface area contributed by atoms with Crippen LogP contribution in [0.5, 0.6) is 0 Å². The number of nitrogens with zero attached hydrogens (tertiary/aromatic N) is 2. The van der Waals surface area contributed by atoms with Gasteiger partial charge in [0.05, 0.1) is 4.88 Å². The molecule has 5 nitrogen and oxygen atoms in total. The van der Waals surface area contributed by atoms with Gasteiger partial charge in [0.25, 0.3) is 14.2 Å². The molecule has 0 atom stereocenters. The molecule has 2 rings (SSSR count). The lowest BCUT2D eigenvalue weighted by molar-refractivity contribution is 0.602. The molecule has 0 spiro atoms. The van der Waals surface area contributed by atoms with E-state index in [4.69, 9.17) is 10.7 Å². The van der Waals surface area contributed by atoms with E-state index in [1.165, 1.54) is 16.2 Å². The topological polar surface area (TPSA) is 75.7 Å². The first-order valence-corrected chi connectivity index (χ1v) is 7.59. The minimum absolute atomic E-state index is 0.324. The largest absolute Gasteiger partial charge is 0.296 e. The van der Waals surface area contributed by atoms with Gasteiger partial charge in [-0.3, -0.25) is 0 Å². The fourth-order valence-corrected chi connectivity index (χ4v) is 2.59. The second kappa shape index (κ2) is 4.15. The maximum Gasteiger partial charge on any atom is 0.296 e. The lowest BCUT2D eigenvalue weighted by atomic mass is 10.3. The molecule has 0 aliphatic carbocycles. The Morgan fingerprint density at radius 1 is 1.50 bits per heavy atom. The van der Waals surface area contributed by atoms with Crippen LogP contribution in [-0.4, -0.2) is 23.6 Å². The second-order valence-electron chi connectivity index (χ2n) is 3.02. The maximum atomic E-state index is 11.0. The monoisotopic (exact) mass is 277 g/mol. The van der Waals surface area contributed by atoms with Crippen LogP contribution >= 0.6 is 22.0 Å². The Balaban J connectivity index is 2.39. The molecular formula is C8H8ClN3O2S2. The average Bonchev–Trinajstić information content (AvgIpc) is 2.85. The third-order valence-electron chi connectivity index (χ3n) is 1.93. The summed E-state index contributed by atoms with van der Waals surface area (Å²) in [5, 5.41) is 5.78. The highest BCUT2D eigenvalue weighted by Gasteiger charge is 2.17. The van der Waals surface area contributed by atoms with Crippen molar-refractivity contribution in [1.82, 2.24) is 15.2 Å². The van der Waals surface area contributed by atoms with Crippen LogP contribution in [0.25, 0.3) is 10.7 Å². The van der Waals surface area contributed by atoms with Crippen molar-refractivity contribution < 1.29 is 8.42 Å². The molecule has 2 aromatic heterocycles. The highest BCUT2D eigenvalue weighted by Crippen LogP contribution is 2.26. The van der Waals surface area contributed by atoms with Gasteiger partial charge in [0.2, 0.25) is 0 Å². The number of halogens is 1. The molecule has 0 radical (unpaired) electrons. The summed E-state index contributed by atoms with van der Waals surface area (Å²) < 4.78 is 21.9. The summed E-state index contributed by atoms with van der Waals surface area (Å²) in [7, 11) is 1.29. The number of rotatable bonds is 3. The summed E-state index contributed by atoms with van der Waals surface area (Å²) >= 11 is 1.53. The van der Waals surface area contributed by atoms with E-state index >= 15 is 0 Å². The summed E-state index contributed by atoms with van der Waals surface area (Å²) in [5.74, 6) is 0.351. The first kappa shape index (κ1) is 11.6. The fourth-order valence-electron chi connectivity index (χ4n) is 1.15. The van der Waals surface area contributed by atoms with Gasteiger partial charge < -0.3 is 0 Å². The quantitative estimate of drug-likeness (QED) is 0.871. The van der Waals surface area contributed by atoms with E-state index in [0.717, 1.165) is 11.3 Å². The van der Waals surface area contributed by atoms with E-state index in [1.807, 2.05) is 19.1 Å². The molecule has 86 valence electrons. The van der Waals surface area contributed by atoms with Gasteiger partial charge in [0, 0.05) is 15.6 Å². The first-order valence-electron chi connectivity index (χ1n) is 4.47. The molecule has 16 heavy (non-hydrogen) atoms. The highest BCUT2D eigenvalue weighted by atomic mass is 35.7. The lowest BCUT2D eigenvalue weighted by Crippen LogP contribution is -1.92. The lowest BCUT2D eigenvalue weighted by Gasteiger charge is -1.86. The van der Waals surface area contributed by atoms with E-state index in [-0.39, 0.29) is 5.16 Å². The number of aryl methyl sites for hydroxylation is 1. The molecule has 1 N–H and O–H groups in total. The molecule has 0 saturated heterocycles. The predicted molar refractivity (Wildman–Crippen MR) is 62.1 cm³/mol. The molecule has 0 unspecified atom stereocenters. The summed E-state index contributed by atoms with van der Waals surface area (Å²) in [4.78, 5) is 5.83. The van der Waals surface area contributed by atoms with Crippen molar-refractivity contribution >= 4 is 31.1 Å². The molecule has 0 amide bonds. The van der Waals surface area contributed by atoms with Crippen molar-refractivity contribution in [3.63, 3.8) is 0 Å². The Bertz CT molecular complexity index is 602. The van der Waals surface area contributed by atoms with Gasteiger partial charge in [0.1, 0.15) is 0 Å². The zero-order valence-corrected chi connectivity index (χ0v) is 10.7. The Labute approximate surface area is 101 Å². The van der Waals surface area contributed by atoms with Crippen LogP contribution in [0.3, 0.4) is 0 Å². The van der Waals surface area contributed by atoms with Crippen molar-refractivity contribution in [1.29, 1.82) is 0 Å². The first-order chi connectivity index (χ1) is 7.50. The predicted octanol–water partition coefficient (Wildman–Crippen LogP) is 2.02. The van der Waals surface area contributed by atoms with Crippen LogP contribution in [0.2, 0.25) is 0 Å². The average molecular weight is 278 g/mol. The van der Waals surface area contributed by atoms with Gasteiger partial charge >= 0.3 is 0 Å². The number of aromatic amines is 1. The second-order valence-corrected chi connectivity index (χ2v) is 6.67. The van der Waals surface area contributed by atoms with Crippen molar-refractivity contribution in [3.8, 4) is 10.7 Å².